The molecular weight excluding hydrogens is 150 g/mol. The molecule has 0 spiro atoms. The van der Waals surface area contributed by atoms with Crippen molar-refractivity contribution in [3.63, 3.8) is 0 Å². The van der Waals surface area contributed by atoms with Gasteiger partial charge in [-0.25, -0.2) is 0 Å². The summed E-state index contributed by atoms with van der Waals surface area (Å²) in [6.45, 7) is 1.20. The number of rotatable bonds is 4. The highest BCUT2D eigenvalue weighted by atomic mass is 16.3. The molecule has 0 saturated carbocycles. The van der Waals surface area contributed by atoms with E-state index < -0.39 is 0 Å². The summed E-state index contributed by atoms with van der Waals surface area (Å²) >= 11 is 0. The molecule has 0 aromatic carbocycles. The van der Waals surface area contributed by atoms with Gasteiger partial charge in [0.1, 0.15) is 5.76 Å². The minimum atomic E-state index is 1.03. The number of nitrogens with zero attached hydrogens (tertiary/aromatic N) is 1. The molecule has 0 aliphatic rings. The van der Waals surface area contributed by atoms with Gasteiger partial charge in [0.05, 0.1) is 34.0 Å². The molecule has 0 saturated heterocycles. The minimum Gasteiger partial charge on any atom is -0.469 e. The number of quaternary nitrogens is 1. The number of hydrogen-bond donors (Lipinski definition) is 0. The van der Waals surface area contributed by atoms with E-state index >= 15 is 0 Å². The van der Waals surface area contributed by atoms with Crippen LogP contribution in [-0.4, -0.2) is 32.2 Å². The maximum Gasteiger partial charge on any atom is 0.103 e. The number of furan rings is 1. The highest BCUT2D eigenvalue weighted by molar-refractivity contribution is 4.97. The zero-order chi connectivity index (χ0) is 9.03. The quantitative estimate of drug-likeness (QED) is 0.626. The van der Waals surface area contributed by atoms with Gasteiger partial charge in [0.2, 0.25) is 0 Å². The first-order valence-corrected chi connectivity index (χ1v) is 4.41. The Morgan fingerprint density at radius 2 is 2.08 bits per heavy atom. The molecule has 0 bridgehead atoms. The fourth-order valence-corrected chi connectivity index (χ4v) is 1.18. The van der Waals surface area contributed by atoms with Crippen LogP contribution >= 0.6 is 0 Å². The van der Waals surface area contributed by atoms with Crippen LogP contribution in [0, 0.1) is 0 Å². The molecular formula is C10H18NO+. The van der Waals surface area contributed by atoms with E-state index in [1.54, 1.807) is 6.26 Å². The Hall–Kier alpha value is -0.760. The predicted molar refractivity (Wildman–Crippen MR) is 49.9 cm³/mol. The summed E-state index contributed by atoms with van der Waals surface area (Å²) in [5.41, 5.74) is 0. The Bertz CT molecular complexity index is 208. The van der Waals surface area contributed by atoms with Crippen molar-refractivity contribution in [1.82, 2.24) is 0 Å². The monoisotopic (exact) mass is 168 g/mol. The Labute approximate surface area is 74.4 Å². The molecule has 2 nitrogen and oxygen atoms in total. The average Bonchev–Trinajstić information content (AvgIpc) is 2.36. The molecule has 68 valence electrons. The molecule has 0 aliphatic carbocycles. The topological polar surface area (TPSA) is 13.1 Å². The molecule has 0 fully saturated rings. The lowest BCUT2D eigenvalue weighted by Crippen LogP contribution is -2.35. The van der Waals surface area contributed by atoms with E-state index in [1.165, 1.54) is 13.0 Å². The standard InChI is InChI=1S/C10H18NO/c1-11(2,3)8-4-6-10-7-5-9-12-10/h5,7,9H,4,6,8H2,1-3H3/q+1. The lowest BCUT2D eigenvalue weighted by Gasteiger charge is -2.23. The van der Waals surface area contributed by atoms with Crippen LogP contribution in [0.4, 0.5) is 0 Å². The van der Waals surface area contributed by atoms with Crippen molar-refractivity contribution in [1.29, 1.82) is 0 Å². The maximum atomic E-state index is 5.24. The molecule has 0 unspecified atom stereocenters. The van der Waals surface area contributed by atoms with E-state index in [0.29, 0.717) is 0 Å². The fraction of sp³-hybridized carbons (Fsp3) is 0.600. The van der Waals surface area contributed by atoms with Crippen LogP contribution in [0.5, 0.6) is 0 Å². The van der Waals surface area contributed by atoms with Crippen molar-refractivity contribution >= 4 is 0 Å². The van der Waals surface area contributed by atoms with Gasteiger partial charge in [-0.2, -0.15) is 0 Å². The third-order valence-electron chi connectivity index (χ3n) is 1.83. The van der Waals surface area contributed by atoms with E-state index in [4.69, 9.17) is 4.42 Å². The third kappa shape index (κ3) is 3.58. The Balaban J connectivity index is 2.20. The van der Waals surface area contributed by atoms with Gasteiger partial charge in [-0.05, 0) is 12.1 Å². The normalized spacial score (nSPS) is 11.9. The van der Waals surface area contributed by atoms with Gasteiger partial charge in [-0.15, -0.1) is 0 Å². The fourth-order valence-electron chi connectivity index (χ4n) is 1.18. The average molecular weight is 168 g/mol. The van der Waals surface area contributed by atoms with Gasteiger partial charge in [-0.1, -0.05) is 0 Å². The summed E-state index contributed by atoms with van der Waals surface area (Å²) in [7, 11) is 6.63. The van der Waals surface area contributed by atoms with E-state index in [1.807, 2.05) is 12.1 Å². The second kappa shape index (κ2) is 3.76. The summed E-state index contributed by atoms with van der Waals surface area (Å²) in [6, 6.07) is 3.98. The predicted octanol–water partition coefficient (Wildman–Crippen LogP) is 1.92. The first-order valence-electron chi connectivity index (χ1n) is 4.41. The molecule has 0 amide bonds. The van der Waals surface area contributed by atoms with Gasteiger partial charge in [0.25, 0.3) is 0 Å². The summed E-state index contributed by atoms with van der Waals surface area (Å²) in [5, 5.41) is 0. The highest BCUT2D eigenvalue weighted by Gasteiger charge is 2.06. The molecule has 0 aliphatic heterocycles. The Morgan fingerprint density at radius 3 is 2.58 bits per heavy atom. The lowest BCUT2D eigenvalue weighted by atomic mass is 10.2. The highest BCUT2D eigenvalue weighted by Crippen LogP contribution is 2.05. The molecule has 0 N–H and O–H groups in total. The molecule has 12 heavy (non-hydrogen) atoms. The van der Waals surface area contributed by atoms with Gasteiger partial charge in [-0.3, -0.25) is 0 Å². The maximum absolute atomic E-state index is 5.24. The van der Waals surface area contributed by atoms with Crippen LogP contribution in [0.25, 0.3) is 0 Å². The van der Waals surface area contributed by atoms with Crippen LogP contribution in [-0.2, 0) is 6.42 Å². The molecule has 1 aromatic rings. The SMILES string of the molecule is C[N+](C)(C)CCCc1ccco1. The van der Waals surface area contributed by atoms with E-state index in [-0.39, 0.29) is 0 Å². The summed E-state index contributed by atoms with van der Waals surface area (Å²) in [4.78, 5) is 0. The first-order chi connectivity index (χ1) is 5.58. The van der Waals surface area contributed by atoms with Crippen LogP contribution in [0.2, 0.25) is 0 Å². The third-order valence-corrected chi connectivity index (χ3v) is 1.83. The van der Waals surface area contributed by atoms with E-state index in [0.717, 1.165) is 16.7 Å². The second-order valence-electron chi connectivity index (χ2n) is 4.20. The number of aryl methyl sites for hydroxylation is 1. The first kappa shape index (κ1) is 9.33. The molecule has 2 heteroatoms. The molecule has 0 atom stereocenters. The zero-order valence-electron chi connectivity index (χ0n) is 8.21. The van der Waals surface area contributed by atoms with Gasteiger partial charge < -0.3 is 8.90 Å². The van der Waals surface area contributed by atoms with Crippen molar-refractivity contribution in [3.05, 3.63) is 24.2 Å². The Morgan fingerprint density at radius 1 is 1.33 bits per heavy atom. The van der Waals surface area contributed by atoms with Crippen LogP contribution in [0.1, 0.15) is 12.2 Å². The van der Waals surface area contributed by atoms with Crippen LogP contribution in [0.15, 0.2) is 22.8 Å². The zero-order valence-corrected chi connectivity index (χ0v) is 8.21. The van der Waals surface area contributed by atoms with Crippen LogP contribution < -0.4 is 0 Å². The van der Waals surface area contributed by atoms with Gasteiger partial charge in [0.15, 0.2) is 0 Å². The second-order valence-corrected chi connectivity index (χ2v) is 4.20. The van der Waals surface area contributed by atoms with Crippen molar-refractivity contribution in [3.8, 4) is 0 Å². The van der Waals surface area contributed by atoms with Crippen molar-refractivity contribution in [2.45, 2.75) is 12.8 Å². The van der Waals surface area contributed by atoms with Crippen molar-refractivity contribution in [2.24, 2.45) is 0 Å². The number of hydrogen-bond acceptors (Lipinski definition) is 1. The largest absolute Gasteiger partial charge is 0.469 e. The van der Waals surface area contributed by atoms with E-state index in [2.05, 4.69) is 21.1 Å². The molecule has 1 heterocycles. The van der Waals surface area contributed by atoms with Gasteiger partial charge in [0, 0.05) is 12.8 Å². The Kier molecular flexibility index (Phi) is 2.93. The van der Waals surface area contributed by atoms with Crippen molar-refractivity contribution < 1.29 is 8.90 Å². The smallest absolute Gasteiger partial charge is 0.103 e. The summed E-state index contributed by atoms with van der Waals surface area (Å²) < 4.78 is 6.27. The molecule has 1 aromatic heterocycles. The summed E-state index contributed by atoms with van der Waals surface area (Å²) in [6.07, 6.45) is 3.99. The van der Waals surface area contributed by atoms with Crippen molar-refractivity contribution in [2.75, 3.05) is 27.7 Å². The van der Waals surface area contributed by atoms with Crippen LogP contribution in [0.3, 0.4) is 0 Å². The van der Waals surface area contributed by atoms with E-state index in [9.17, 15) is 0 Å². The lowest BCUT2D eigenvalue weighted by molar-refractivity contribution is -0.870. The molecule has 1 rings (SSSR count). The minimum absolute atomic E-state index is 1.03. The van der Waals surface area contributed by atoms with Gasteiger partial charge >= 0.3 is 0 Å². The summed E-state index contributed by atoms with van der Waals surface area (Å²) in [5.74, 6) is 1.10. The molecule has 0 radical (unpaired) electrons.